The molecule has 0 atom stereocenters. The fourth-order valence-corrected chi connectivity index (χ4v) is 1.27. The molecule has 0 saturated heterocycles. The van der Waals surface area contributed by atoms with Crippen molar-refractivity contribution in [3.05, 3.63) is 29.5 Å². The van der Waals surface area contributed by atoms with E-state index in [1.165, 1.54) is 0 Å². The van der Waals surface area contributed by atoms with E-state index in [1.54, 1.807) is 0 Å². The van der Waals surface area contributed by atoms with Crippen molar-refractivity contribution in [2.75, 3.05) is 0 Å². The summed E-state index contributed by atoms with van der Waals surface area (Å²) in [6, 6.07) is 0. The summed E-state index contributed by atoms with van der Waals surface area (Å²) < 4.78 is 0. The second-order valence-electron chi connectivity index (χ2n) is 4.19. The van der Waals surface area contributed by atoms with Crippen LogP contribution in [0.25, 0.3) is 0 Å². The van der Waals surface area contributed by atoms with Gasteiger partial charge in [-0.2, -0.15) is 0 Å². The van der Waals surface area contributed by atoms with Crippen LogP contribution in [0.15, 0.2) is 29.5 Å². The molecule has 0 unspecified atom stereocenters. The Bertz CT molecular complexity index is 309. The van der Waals surface area contributed by atoms with Gasteiger partial charge in [0.1, 0.15) is 8.07 Å². The van der Waals surface area contributed by atoms with Gasteiger partial charge in [0.2, 0.25) is 0 Å². The summed E-state index contributed by atoms with van der Waals surface area (Å²) in [6.07, 6.45) is 2.01. The SMILES string of the molecule is C=C=C(C)C=C(C)C#C[Si](C)(C)C. The van der Waals surface area contributed by atoms with E-state index in [4.69, 9.17) is 0 Å². The highest BCUT2D eigenvalue weighted by molar-refractivity contribution is 6.83. The molecular formula is C12H18Si. The van der Waals surface area contributed by atoms with Gasteiger partial charge in [-0.3, -0.25) is 0 Å². The summed E-state index contributed by atoms with van der Waals surface area (Å²) in [5, 5.41) is 0. The Kier molecular flexibility index (Phi) is 4.55. The van der Waals surface area contributed by atoms with Crippen molar-refractivity contribution in [3.63, 3.8) is 0 Å². The monoisotopic (exact) mass is 190 g/mol. The van der Waals surface area contributed by atoms with E-state index in [2.05, 4.69) is 43.4 Å². The number of hydrogen-bond acceptors (Lipinski definition) is 0. The van der Waals surface area contributed by atoms with Gasteiger partial charge in [0.25, 0.3) is 0 Å². The summed E-state index contributed by atoms with van der Waals surface area (Å²) in [4.78, 5) is 0. The van der Waals surface area contributed by atoms with E-state index in [1.807, 2.05) is 19.9 Å². The van der Waals surface area contributed by atoms with Crippen LogP contribution < -0.4 is 0 Å². The van der Waals surface area contributed by atoms with Gasteiger partial charge in [-0.1, -0.05) is 32.1 Å². The lowest BCUT2D eigenvalue weighted by Gasteiger charge is -2.03. The molecule has 0 aromatic carbocycles. The first-order valence-electron chi connectivity index (χ1n) is 4.43. The molecule has 0 heterocycles. The van der Waals surface area contributed by atoms with Crippen LogP contribution in [0.2, 0.25) is 19.6 Å². The van der Waals surface area contributed by atoms with Gasteiger partial charge >= 0.3 is 0 Å². The van der Waals surface area contributed by atoms with Gasteiger partial charge in [0, 0.05) is 0 Å². The third-order valence-electron chi connectivity index (χ3n) is 1.35. The smallest absolute Gasteiger partial charge is 0.127 e. The number of allylic oxidation sites excluding steroid dienone is 3. The van der Waals surface area contributed by atoms with Crippen LogP contribution in [0, 0.1) is 11.5 Å². The molecule has 0 fully saturated rings. The zero-order valence-electron chi connectivity index (χ0n) is 9.28. The Labute approximate surface area is 83.1 Å². The van der Waals surface area contributed by atoms with E-state index in [0.29, 0.717) is 0 Å². The van der Waals surface area contributed by atoms with Gasteiger partial charge < -0.3 is 0 Å². The molecular weight excluding hydrogens is 172 g/mol. The highest BCUT2D eigenvalue weighted by Gasteiger charge is 2.06. The number of rotatable bonds is 1. The molecule has 0 amide bonds. The number of hydrogen-bond donors (Lipinski definition) is 0. The van der Waals surface area contributed by atoms with Crippen molar-refractivity contribution in [2.24, 2.45) is 0 Å². The first-order chi connectivity index (χ1) is 5.85. The highest BCUT2D eigenvalue weighted by Crippen LogP contribution is 2.01. The topological polar surface area (TPSA) is 0 Å². The lowest BCUT2D eigenvalue weighted by molar-refractivity contribution is 1.47. The molecule has 0 aromatic rings. The second kappa shape index (κ2) is 4.92. The summed E-state index contributed by atoms with van der Waals surface area (Å²) in [5.41, 5.74) is 8.27. The summed E-state index contributed by atoms with van der Waals surface area (Å²) in [6.45, 7) is 14.3. The third kappa shape index (κ3) is 7.40. The Morgan fingerprint density at radius 3 is 2.15 bits per heavy atom. The quantitative estimate of drug-likeness (QED) is 0.257. The molecule has 70 valence electrons. The zero-order valence-corrected chi connectivity index (χ0v) is 10.3. The van der Waals surface area contributed by atoms with Crippen molar-refractivity contribution in [3.8, 4) is 11.5 Å². The molecule has 0 rings (SSSR count). The van der Waals surface area contributed by atoms with Gasteiger partial charge in [0.15, 0.2) is 0 Å². The summed E-state index contributed by atoms with van der Waals surface area (Å²) >= 11 is 0. The maximum atomic E-state index is 3.58. The zero-order chi connectivity index (χ0) is 10.5. The van der Waals surface area contributed by atoms with E-state index < -0.39 is 8.07 Å². The van der Waals surface area contributed by atoms with Crippen molar-refractivity contribution >= 4 is 8.07 Å². The Morgan fingerprint density at radius 1 is 1.23 bits per heavy atom. The third-order valence-corrected chi connectivity index (χ3v) is 2.22. The molecule has 0 saturated carbocycles. The normalized spacial score (nSPS) is 11.3. The minimum absolute atomic E-state index is 1.04. The molecule has 0 aliphatic carbocycles. The molecule has 13 heavy (non-hydrogen) atoms. The van der Waals surface area contributed by atoms with Crippen molar-refractivity contribution < 1.29 is 0 Å². The predicted molar refractivity (Wildman–Crippen MR) is 63.2 cm³/mol. The Balaban J connectivity index is 4.63. The van der Waals surface area contributed by atoms with Crippen LogP contribution in [-0.2, 0) is 0 Å². The molecule has 0 spiro atoms. The first kappa shape index (κ1) is 12.0. The van der Waals surface area contributed by atoms with Gasteiger partial charge in [0.05, 0.1) is 0 Å². The minimum Gasteiger partial charge on any atom is -0.127 e. The molecule has 0 radical (unpaired) electrons. The molecule has 0 aliphatic rings. The Hall–Kier alpha value is -0.963. The molecule has 0 aromatic heterocycles. The van der Waals surface area contributed by atoms with Crippen LogP contribution >= 0.6 is 0 Å². The first-order valence-corrected chi connectivity index (χ1v) is 7.93. The van der Waals surface area contributed by atoms with Gasteiger partial charge in [-0.15, -0.1) is 11.3 Å². The molecule has 0 aliphatic heterocycles. The lowest BCUT2D eigenvalue weighted by Crippen LogP contribution is -2.16. The Morgan fingerprint density at radius 2 is 1.77 bits per heavy atom. The van der Waals surface area contributed by atoms with Gasteiger partial charge in [-0.05, 0) is 31.1 Å². The van der Waals surface area contributed by atoms with E-state index in [0.717, 1.165) is 11.1 Å². The second-order valence-corrected chi connectivity index (χ2v) is 8.94. The highest BCUT2D eigenvalue weighted by atomic mass is 28.3. The van der Waals surface area contributed by atoms with Crippen LogP contribution in [0.5, 0.6) is 0 Å². The molecule has 0 nitrogen and oxygen atoms in total. The molecule has 0 bridgehead atoms. The van der Waals surface area contributed by atoms with Crippen molar-refractivity contribution in [1.82, 2.24) is 0 Å². The lowest BCUT2D eigenvalue weighted by atomic mass is 10.2. The molecule has 0 N–H and O–H groups in total. The standard InChI is InChI=1S/C12H18Si/c1-7-11(2)10-12(3)8-9-13(4,5)6/h10H,1H2,2-6H3. The summed E-state index contributed by atoms with van der Waals surface area (Å²) in [5.74, 6) is 3.17. The predicted octanol–water partition coefficient (Wildman–Crippen LogP) is 3.54. The average molecular weight is 190 g/mol. The van der Waals surface area contributed by atoms with E-state index in [-0.39, 0.29) is 0 Å². The maximum Gasteiger partial charge on any atom is 0.129 e. The van der Waals surface area contributed by atoms with Crippen molar-refractivity contribution in [1.29, 1.82) is 0 Å². The van der Waals surface area contributed by atoms with Gasteiger partial charge in [-0.25, -0.2) is 0 Å². The fraction of sp³-hybridized carbons (Fsp3) is 0.417. The fourth-order valence-electron chi connectivity index (χ4n) is 0.698. The summed E-state index contributed by atoms with van der Waals surface area (Å²) in [7, 11) is -1.23. The van der Waals surface area contributed by atoms with Crippen LogP contribution in [0.3, 0.4) is 0 Å². The minimum atomic E-state index is -1.23. The van der Waals surface area contributed by atoms with E-state index in [9.17, 15) is 0 Å². The average Bonchev–Trinajstić information content (AvgIpc) is 1.99. The molecule has 1 heteroatoms. The van der Waals surface area contributed by atoms with Crippen LogP contribution in [0.1, 0.15) is 13.8 Å². The van der Waals surface area contributed by atoms with Crippen LogP contribution in [-0.4, -0.2) is 8.07 Å². The van der Waals surface area contributed by atoms with E-state index >= 15 is 0 Å². The largest absolute Gasteiger partial charge is 0.129 e. The van der Waals surface area contributed by atoms with Crippen LogP contribution in [0.4, 0.5) is 0 Å². The maximum absolute atomic E-state index is 3.58. The van der Waals surface area contributed by atoms with Crippen molar-refractivity contribution in [2.45, 2.75) is 33.5 Å².